The van der Waals surface area contributed by atoms with Crippen molar-refractivity contribution in [3.63, 3.8) is 0 Å². The number of rotatable bonds is 4. The third-order valence-electron chi connectivity index (χ3n) is 1.37. The van der Waals surface area contributed by atoms with Crippen molar-refractivity contribution >= 4 is 0 Å². The van der Waals surface area contributed by atoms with Gasteiger partial charge in [0, 0.05) is 13.2 Å². The summed E-state index contributed by atoms with van der Waals surface area (Å²) in [6.45, 7) is 4.04. The molecule has 0 saturated heterocycles. The Balaban J connectivity index is 3.22. The quantitative estimate of drug-likeness (QED) is 0.426. The number of methoxy groups -OCH3 is 1. The molecule has 3 heteroatoms. The summed E-state index contributed by atoms with van der Waals surface area (Å²) in [5, 5.41) is 0. The van der Waals surface area contributed by atoms with E-state index in [0.717, 1.165) is 6.42 Å². The number of hydrogen-bond acceptors (Lipinski definition) is 3. The largest absolute Gasteiger partial charge is 0.382 e. The maximum absolute atomic E-state index is 5.17. The van der Waals surface area contributed by atoms with Crippen molar-refractivity contribution in [2.45, 2.75) is 32.4 Å². The lowest BCUT2D eigenvalue weighted by Gasteiger charge is -2.14. The highest BCUT2D eigenvalue weighted by Crippen LogP contribution is 1.98. The molecule has 0 aromatic heterocycles. The van der Waals surface area contributed by atoms with Crippen LogP contribution in [0.15, 0.2) is 0 Å². The second-order valence-corrected chi connectivity index (χ2v) is 2.35. The van der Waals surface area contributed by atoms with Crippen molar-refractivity contribution < 1.29 is 4.74 Å². The Hall–Kier alpha value is -0.120. The minimum absolute atomic E-state index is 0.288. The molecule has 56 valence electrons. The zero-order valence-electron chi connectivity index (χ0n) is 6.35. The van der Waals surface area contributed by atoms with Crippen molar-refractivity contribution in [2.24, 2.45) is 5.84 Å². The normalized spacial score (nSPS) is 17.3. The molecule has 0 aromatic rings. The third-order valence-corrected chi connectivity index (χ3v) is 1.37. The molecule has 0 aliphatic carbocycles. The van der Waals surface area contributed by atoms with Gasteiger partial charge in [-0.25, -0.2) is 0 Å². The van der Waals surface area contributed by atoms with E-state index >= 15 is 0 Å². The van der Waals surface area contributed by atoms with Gasteiger partial charge in [0.2, 0.25) is 0 Å². The summed E-state index contributed by atoms with van der Waals surface area (Å²) in [7, 11) is 1.70. The lowest BCUT2D eigenvalue weighted by molar-refractivity contribution is 0.102. The number of ether oxygens (including phenoxy) is 1. The van der Waals surface area contributed by atoms with Crippen LogP contribution >= 0.6 is 0 Å². The molecule has 2 atom stereocenters. The Morgan fingerprint density at radius 3 is 2.44 bits per heavy atom. The van der Waals surface area contributed by atoms with Crippen LogP contribution in [0.5, 0.6) is 0 Å². The van der Waals surface area contributed by atoms with Crippen LogP contribution in [0.3, 0.4) is 0 Å². The summed E-state index contributed by atoms with van der Waals surface area (Å²) in [5.74, 6) is 5.17. The molecular weight excluding hydrogens is 116 g/mol. The molecule has 0 aliphatic heterocycles. The topological polar surface area (TPSA) is 47.3 Å². The average molecular weight is 132 g/mol. The van der Waals surface area contributed by atoms with Gasteiger partial charge in [0.05, 0.1) is 6.10 Å². The molecular formula is C6H16N2O. The number of hydrogen-bond donors (Lipinski definition) is 2. The van der Waals surface area contributed by atoms with E-state index in [1.54, 1.807) is 7.11 Å². The second kappa shape index (κ2) is 4.73. The minimum Gasteiger partial charge on any atom is -0.382 e. The maximum atomic E-state index is 5.17. The smallest absolute Gasteiger partial charge is 0.0558 e. The zero-order valence-corrected chi connectivity index (χ0v) is 6.35. The van der Waals surface area contributed by atoms with E-state index in [1.165, 1.54) is 0 Å². The van der Waals surface area contributed by atoms with Crippen LogP contribution in [0.2, 0.25) is 0 Å². The number of nitrogens with one attached hydrogen (secondary N) is 1. The molecule has 0 heterocycles. The predicted octanol–water partition coefficient (Wildman–Crippen LogP) is 0.263. The first-order valence-corrected chi connectivity index (χ1v) is 3.19. The molecule has 0 amide bonds. The average Bonchev–Trinajstić information content (AvgIpc) is 1.87. The molecule has 0 bridgehead atoms. The van der Waals surface area contributed by atoms with E-state index in [-0.39, 0.29) is 6.10 Å². The molecule has 0 aliphatic rings. The first-order chi connectivity index (χ1) is 4.20. The van der Waals surface area contributed by atoms with Crippen molar-refractivity contribution in [2.75, 3.05) is 7.11 Å². The Labute approximate surface area is 56.5 Å². The fourth-order valence-electron chi connectivity index (χ4n) is 0.662. The SMILES string of the molecule is COC(C)CC(C)NN. The molecule has 0 fully saturated rings. The van der Waals surface area contributed by atoms with Crippen molar-refractivity contribution in [3.05, 3.63) is 0 Å². The van der Waals surface area contributed by atoms with Gasteiger partial charge in [-0.1, -0.05) is 0 Å². The van der Waals surface area contributed by atoms with Crippen LogP contribution in [0.25, 0.3) is 0 Å². The molecule has 3 N–H and O–H groups in total. The van der Waals surface area contributed by atoms with Crippen molar-refractivity contribution in [1.29, 1.82) is 0 Å². The highest BCUT2D eigenvalue weighted by atomic mass is 16.5. The standard InChI is InChI=1S/C6H16N2O/c1-5(8-7)4-6(2)9-3/h5-6,8H,4,7H2,1-3H3. The van der Waals surface area contributed by atoms with E-state index in [0.29, 0.717) is 6.04 Å². The monoisotopic (exact) mass is 132 g/mol. The van der Waals surface area contributed by atoms with Crippen LogP contribution in [0.4, 0.5) is 0 Å². The zero-order chi connectivity index (χ0) is 7.28. The molecule has 2 unspecified atom stereocenters. The molecule has 3 nitrogen and oxygen atoms in total. The van der Waals surface area contributed by atoms with Crippen molar-refractivity contribution in [3.8, 4) is 0 Å². The van der Waals surface area contributed by atoms with E-state index < -0.39 is 0 Å². The van der Waals surface area contributed by atoms with Gasteiger partial charge in [0.25, 0.3) is 0 Å². The van der Waals surface area contributed by atoms with Gasteiger partial charge in [0.15, 0.2) is 0 Å². The first-order valence-electron chi connectivity index (χ1n) is 3.19. The molecule has 0 radical (unpaired) electrons. The first kappa shape index (κ1) is 8.88. The van der Waals surface area contributed by atoms with Crippen LogP contribution in [0.1, 0.15) is 20.3 Å². The minimum atomic E-state index is 0.288. The van der Waals surface area contributed by atoms with Gasteiger partial charge in [-0.05, 0) is 20.3 Å². The van der Waals surface area contributed by atoms with Gasteiger partial charge in [-0.3, -0.25) is 11.3 Å². The Morgan fingerprint density at radius 2 is 2.11 bits per heavy atom. The lowest BCUT2D eigenvalue weighted by Crippen LogP contribution is -2.35. The molecule has 9 heavy (non-hydrogen) atoms. The predicted molar refractivity (Wildman–Crippen MR) is 37.9 cm³/mol. The van der Waals surface area contributed by atoms with E-state index in [2.05, 4.69) is 5.43 Å². The van der Waals surface area contributed by atoms with Gasteiger partial charge in [-0.15, -0.1) is 0 Å². The van der Waals surface area contributed by atoms with Crippen LogP contribution in [-0.2, 0) is 4.74 Å². The Kier molecular flexibility index (Phi) is 4.67. The van der Waals surface area contributed by atoms with Crippen LogP contribution < -0.4 is 11.3 Å². The Morgan fingerprint density at radius 1 is 1.56 bits per heavy atom. The number of hydrazine groups is 1. The summed E-state index contributed by atoms with van der Waals surface area (Å²) in [6, 6.07) is 0.333. The van der Waals surface area contributed by atoms with E-state index in [1.807, 2.05) is 13.8 Å². The highest BCUT2D eigenvalue weighted by Gasteiger charge is 2.04. The van der Waals surface area contributed by atoms with Crippen molar-refractivity contribution in [1.82, 2.24) is 5.43 Å². The highest BCUT2D eigenvalue weighted by molar-refractivity contribution is 4.60. The maximum Gasteiger partial charge on any atom is 0.0558 e. The summed E-state index contributed by atoms with van der Waals surface area (Å²) in [5.41, 5.74) is 2.65. The summed E-state index contributed by atoms with van der Waals surface area (Å²) in [6.07, 6.45) is 1.24. The molecule has 0 spiro atoms. The fourth-order valence-corrected chi connectivity index (χ4v) is 0.662. The summed E-state index contributed by atoms with van der Waals surface area (Å²) in [4.78, 5) is 0. The van der Waals surface area contributed by atoms with Gasteiger partial charge >= 0.3 is 0 Å². The van der Waals surface area contributed by atoms with Gasteiger partial charge < -0.3 is 4.74 Å². The third kappa shape index (κ3) is 4.39. The van der Waals surface area contributed by atoms with Crippen LogP contribution in [0, 0.1) is 0 Å². The van der Waals surface area contributed by atoms with Crippen LogP contribution in [-0.4, -0.2) is 19.3 Å². The summed E-state index contributed by atoms with van der Waals surface area (Å²) < 4.78 is 5.03. The van der Waals surface area contributed by atoms with E-state index in [4.69, 9.17) is 10.6 Å². The lowest BCUT2D eigenvalue weighted by atomic mass is 10.2. The molecule has 0 rings (SSSR count). The fraction of sp³-hybridized carbons (Fsp3) is 1.00. The van der Waals surface area contributed by atoms with Gasteiger partial charge in [-0.2, -0.15) is 0 Å². The second-order valence-electron chi connectivity index (χ2n) is 2.35. The Bertz CT molecular complexity index is 60.1. The van der Waals surface area contributed by atoms with Gasteiger partial charge in [0.1, 0.15) is 0 Å². The number of nitrogens with two attached hydrogens (primary N) is 1. The van der Waals surface area contributed by atoms with E-state index in [9.17, 15) is 0 Å². The molecule has 0 aromatic carbocycles. The summed E-state index contributed by atoms with van der Waals surface area (Å²) >= 11 is 0. The molecule has 0 saturated carbocycles.